The molecule has 0 fully saturated rings. The molecule has 162 valence electrons. The normalized spacial score (nSPS) is 11.4. The van der Waals surface area contributed by atoms with E-state index in [4.69, 9.17) is 16.5 Å². The van der Waals surface area contributed by atoms with Crippen molar-refractivity contribution >= 4 is 50.3 Å². The van der Waals surface area contributed by atoms with Crippen LogP contribution in [0.15, 0.2) is 91.0 Å². The number of rotatable bonds is 1. The van der Waals surface area contributed by atoms with E-state index in [9.17, 15) is 5.26 Å². The molecule has 0 bridgehead atoms. The molecule has 0 saturated heterocycles. The first-order valence-electron chi connectivity index (χ1n) is 11.0. The van der Waals surface area contributed by atoms with E-state index in [-0.39, 0.29) is 0 Å². The van der Waals surface area contributed by atoms with Crippen LogP contribution in [0.5, 0.6) is 0 Å². The number of para-hydroxylation sites is 5. The minimum Gasteiger partial charge on any atom is -0.277 e. The first kappa shape index (κ1) is 19.1. The molecular weight excluding hydrogens is 434 g/mol. The molecule has 0 unspecified atom stereocenters. The number of aromatic nitrogens is 5. The van der Waals surface area contributed by atoms with Crippen molar-refractivity contribution in [2.75, 3.05) is 0 Å². The quantitative estimate of drug-likeness (QED) is 0.280. The maximum atomic E-state index is 9.84. The van der Waals surface area contributed by atoms with Crippen LogP contribution in [-0.2, 0) is 0 Å². The molecule has 7 nitrogen and oxygen atoms in total. The van der Waals surface area contributed by atoms with Crippen molar-refractivity contribution in [2.24, 2.45) is 0 Å². The van der Waals surface area contributed by atoms with E-state index in [0.717, 1.165) is 38.8 Å². The van der Waals surface area contributed by atoms with Gasteiger partial charge in [-0.2, -0.15) is 5.26 Å². The van der Waals surface area contributed by atoms with Crippen LogP contribution in [0, 0.1) is 17.9 Å². The monoisotopic (exact) mass is 449 g/mol. The Bertz CT molecular complexity index is 1950. The Morgan fingerprint density at radius 3 is 1.80 bits per heavy atom. The predicted octanol–water partition coefficient (Wildman–Crippen LogP) is 6.22. The van der Waals surface area contributed by atoms with Gasteiger partial charge < -0.3 is 0 Å². The molecule has 3 aromatic heterocycles. The summed E-state index contributed by atoms with van der Waals surface area (Å²) < 4.78 is 6.14. The highest BCUT2D eigenvalue weighted by Gasteiger charge is 2.19. The molecule has 35 heavy (non-hydrogen) atoms. The van der Waals surface area contributed by atoms with Gasteiger partial charge in [-0.3, -0.25) is 8.80 Å². The van der Waals surface area contributed by atoms with Crippen LogP contribution in [0.4, 0.5) is 5.69 Å². The SMILES string of the molecule is [C-]#[N+]c1cc2c(cc1C#N)n1c3ccccc3nc1n(-c1ccccc1)c1nc3ccccc3n21. The first-order chi connectivity index (χ1) is 17.3. The van der Waals surface area contributed by atoms with Gasteiger partial charge in [0.05, 0.1) is 57.0 Å². The molecule has 7 aromatic rings. The highest BCUT2D eigenvalue weighted by molar-refractivity contribution is 5.95. The molecule has 0 aliphatic heterocycles. The number of fused-ring (bicyclic) bond motifs is 9. The molecule has 7 heteroatoms. The van der Waals surface area contributed by atoms with Gasteiger partial charge in [0, 0.05) is 0 Å². The molecule has 7 rings (SSSR count). The number of imidazole rings is 2. The summed E-state index contributed by atoms with van der Waals surface area (Å²) in [5.41, 5.74) is 6.51. The van der Waals surface area contributed by atoms with Crippen LogP contribution in [-0.4, -0.2) is 23.3 Å². The van der Waals surface area contributed by atoms with Gasteiger partial charge in [-0.1, -0.05) is 42.5 Å². The zero-order chi connectivity index (χ0) is 23.5. The van der Waals surface area contributed by atoms with Gasteiger partial charge in [-0.05, 0) is 48.5 Å². The van der Waals surface area contributed by atoms with E-state index in [1.54, 1.807) is 12.1 Å². The van der Waals surface area contributed by atoms with Gasteiger partial charge in [-0.25, -0.2) is 19.4 Å². The lowest BCUT2D eigenvalue weighted by Crippen LogP contribution is -2.01. The summed E-state index contributed by atoms with van der Waals surface area (Å²) in [6, 6.07) is 31.6. The highest BCUT2D eigenvalue weighted by Crippen LogP contribution is 2.32. The lowest BCUT2D eigenvalue weighted by Gasteiger charge is -2.06. The van der Waals surface area contributed by atoms with E-state index in [2.05, 4.69) is 19.7 Å². The summed E-state index contributed by atoms with van der Waals surface area (Å²) >= 11 is 0. The van der Waals surface area contributed by atoms with Gasteiger partial charge in [0.15, 0.2) is 0 Å². The van der Waals surface area contributed by atoms with Gasteiger partial charge in [0.1, 0.15) is 0 Å². The zero-order valence-electron chi connectivity index (χ0n) is 18.3. The standard InChI is InChI=1S/C28H15N7/c1-30-22-16-26-25(15-18(22)17-29)34-23-13-7-5-11-20(23)31-27(34)33(19-9-3-2-4-10-19)28-32-21-12-6-8-14-24(21)35(26)28/h2-16H. The second-order valence-electron chi connectivity index (χ2n) is 8.22. The summed E-state index contributed by atoms with van der Waals surface area (Å²) in [6.45, 7) is 7.71. The minimum atomic E-state index is 0.300. The van der Waals surface area contributed by atoms with Crippen LogP contribution in [0.1, 0.15) is 5.56 Å². The summed E-state index contributed by atoms with van der Waals surface area (Å²) in [7, 11) is 0. The van der Waals surface area contributed by atoms with Crippen molar-refractivity contribution in [3.05, 3.63) is 108 Å². The summed E-state index contributed by atoms with van der Waals surface area (Å²) in [4.78, 5) is 13.7. The Hall–Kier alpha value is -5.40. The lowest BCUT2D eigenvalue weighted by atomic mass is 10.1. The van der Waals surface area contributed by atoms with E-state index in [0.29, 0.717) is 22.8 Å². The summed E-state index contributed by atoms with van der Waals surface area (Å²) in [5, 5.41) is 9.84. The summed E-state index contributed by atoms with van der Waals surface area (Å²) in [5.74, 6) is 1.32. The third kappa shape index (κ3) is 2.58. The van der Waals surface area contributed by atoms with Crippen molar-refractivity contribution in [3.8, 4) is 11.8 Å². The lowest BCUT2D eigenvalue weighted by molar-refractivity contribution is 1.03. The number of hydrogen-bond acceptors (Lipinski definition) is 3. The third-order valence-electron chi connectivity index (χ3n) is 6.32. The smallest absolute Gasteiger partial charge is 0.223 e. The van der Waals surface area contributed by atoms with Gasteiger partial charge in [0.25, 0.3) is 0 Å². The number of nitrogens with zero attached hydrogens (tertiary/aromatic N) is 7. The minimum absolute atomic E-state index is 0.300. The maximum absolute atomic E-state index is 9.84. The highest BCUT2D eigenvalue weighted by atomic mass is 15.3. The molecule has 0 amide bonds. The number of nitriles is 1. The van der Waals surface area contributed by atoms with Crippen LogP contribution < -0.4 is 0 Å². The van der Waals surface area contributed by atoms with Crippen LogP contribution in [0.25, 0.3) is 55.2 Å². The average molecular weight is 449 g/mol. The van der Waals surface area contributed by atoms with Crippen LogP contribution in [0.3, 0.4) is 0 Å². The van der Waals surface area contributed by atoms with Crippen molar-refractivity contribution in [2.45, 2.75) is 0 Å². The molecule has 0 N–H and O–H groups in total. The Morgan fingerprint density at radius 1 is 0.686 bits per heavy atom. The van der Waals surface area contributed by atoms with Gasteiger partial charge >= 0.3 is 0 Å². The molecule has 0 spiro atoms. The second kappa shape index (κ2) is 7.05. The topological polar surface area (TPSA) is 67.7 Å². The fourth-order valence-corrected chi connectivity index (χ4v) is 4.81. The van der Waals surface area contributed by atoms with Crippen molar-refractivity contribution in [1.82, 2.24) is 23.3 Å². The molecule has 0 radical (unpaired) electrons. The second-order valence-corrected chi connectivity index (χ2v) is 8.22. The fourth-order valence-electron chi connectivity index (χ4n) is 4.81. The fraction of sp³-hybridized carbons (Fsp3) is 0. The number of benzene rings is 4. The molecular formula is C28H15N7. The largest absolute Gasteiger partial charge is 0.277 e. The Kier molecular flexibility index (Phi) is 3.85. The molecule has 0 saturated carbocycles. The first-order valence-corrected chi connectivity index (χ1v) is 11.0. The summed E-state index contributed by atoms with van der Waals surface area (Å²) in [6.07, 6.45) is 0. The molecule has 0 atom stereocenters. The van der Waals surface area contributed by atoms with E-state index < -0.39 is 0 Å². The molecule has 0 aliphatic carbocycles. The van der Waals surface area contributed by atoms with Crippen molar-refractivity contribution in [1.29, 1.82) is 5.26 Å². The average Bonchev–Trinajstić information content (AvgIpc) is 3.44. The van der Waals surface area contributed by atoms with E-state index in [1.807, 2.05) is 83.4 Å². The molecule has 0 aliphatic rings. The third-order valence-corrected chi connectivity index (χ3v) is 6.32. The van der Waals surface area contributed by atoms with E-state index in [1.165, 1.54) is 0 Å². The van der Waals surface area contributed by atoms with Crippen LogP contribution >= 0.6 is 0 Å². The van der Waals surface area contributed by atoms with Crippen molar-refractivity contribution in [3.63, 3.8) is 0 Å². The van der Waals surface area contributed by atoms with Gasteiger partial charge in [-0.15, -0.1) is 0 Å². The Labute approximate surface area is 198 Å². The predicted molar refractivity (Wildman–Crippen MR) is 136 cm³/mol. The number of hydrogen-bond donors (Lipinski definition) is 0. The Balaban J connectivity index is 1.92. The molecule has 3 heterocycles. The van der Waals surface area contributed by atoms with Gasteiger partial charge in [0.2, 0.25) is 17.2 Å². The van der Waals surface area contributed by atoms with Crippen LogP contribution in [0.2, 0.25) is 0 Å². The van der Waals surface area contributed by atoms with E-state index >= 15 is 0 Å². The molecule has 4 aromatic carbocycles. The Morgan fingerprint density at radius 2 is 1.23 bits per heavy atom. The zero-order valence-corrected chi connectivity index (χ0v) is 18.3. The maximum Gasteiger partial charge on any atom is 0.223 e. The van der Waals surface area contributed by atoms with Crippen molar-refractivity contribution < 1.29 is 0 Å².